The fraction of sp³-hybridized carbons (Fsp3) is 0.333. The Morgan fingerprint density at radius 1 is 1.24 bits per heavy atom. The van der Waals surface area contributed by atoms with Crippen LogP contribution in [0.2, 0.25) is 0 Å². The van der Waals surface area contributed by atoms with Gasteiger partial charge in [-0.2, -0.15) is 5.10 Å². The Labute approximate surface area is 146 Å². The van der Waals surface area contributed by atoms with E-state index in [-0.39, 0.29) is 5.91 Å². The number of hydrogen-bond donors (Lipinski definition) is 2. The van der Waals surface area contributed by atoms with E-state index in [1.165, 1.54) is 5.56 Å². The summed E-state index contributed by atoms with van der Waals surface area (Å²) >= 11 is 0. The summed E-state index contributed by atoms with van der Waals surface area (Å²) in [4.78, 5) is 11.9. The number of amides is 1. The van der Waals surface area contributed by atoms with Crippen LogP contribution in [0.3, 0.4) is 0 Å². The lowest BCUT2D eigenvalue weighted by atomic mass is 10.0. The largest absolute Gasteiger partial charge is 0.350 e. The Morgan fingerprint density at radius 3 is 2.72 bits per heavy atom. The molecule has 2 N–H and O–H groups in total. The molecule has 1 amide bonds. The Hall–Kier alpha value is -2.96. The molecule has 0 spiro atoms. The maximum Gasteiger partial charge on any atom is 0.220 e. The average Bonchev–Trinajstić information content (AvgIpc) is 3.30. The van der Waals surface area contributed by atoms with E-state index in [1.807, 2.05) is 24.4 Å². The van der Waals surface area contributed by atoms with Crippen molar-refractivity contribution in [3.8, 4) is 5.69 Å². The number of H-pyrrole nitrogens is 1. The van der Waals surface area contributed by atoms with Crippen molar-refractivity contribution in [2.24, 2.45) is 0 Å². The van der Waals surface area contributed by atoms with E-state index in [2.05, 4.69) is 51.8 Å². The standard InChI is InChI=1S/C18H22N6O/c1-13(2)14-3-6-17(7-4-14)24-12-16(22-23-24)11-19-18(25)8-5-15-9-10-20-21-15/h3-4,6-7,9-10,12-13H,5,8,11H2,1-2H3,(H,19,25)(H,20,21). The van der Waals surface area contributed by atoms with Crippen molar-refractivity contribution in [1.82, 2.24) is 30.5 Å². The van der Waals surface area contributed by atoms with Crippen LogP contribution in [-0.4, -0.2) is 31.1 Å². The number of rotatable bonds is 7. The molecule has 7 nitrogen and oxygen atoms in total. The predicted molar refractivity (Wildman–Crippen MR) is 94.2 cm³/mol. The summed E-state index contributed by atoms with van der Waals surface area (Å²) < 4.78 is 1.72. The van der Waals surface area contributed by atoms with Gasteiger partial charge in [0.1, 0.15) is 5.69 Å². The highest BCUT2D eigenvalue weighted by atomic mass is 16.1. The van der Waals surface area contributed by atoms with Gasteiger partial charge in [-0.05, 0) is 36.1 Å². The number of aromatic amines is 1. The zero-order valence-corrected chi connectivity index (χ0v) is 14.4. The predicted octanol–water partition coefficient (Wildman–Crippen LogP) is 2.36. The SMILES string of the molecule is CC(C)c1ccc(-n2cc(CNC(=O)CCc3ccn[nH]3)nn2)cc1. The number of carbonyl (C=O) groups is 1. The monoisotopic (exact) mass is 338 g/mol. The van der Waals surface area contributed by atoms with Crippen LogP contribution in [0.5, 0.6) is 0 Å². The van der Waals surface area contributed by atoms with Gasteiger partial charge in [0.2, 0.25) is 5.91 Å². The highest BCUT2D eigenvalue weighted by molar-refractivity contribution is 5.76. The highest BCUT2D eigenvalue weighted by Gasteiger charge is 2.07. The summed E-state index contributed by atoms with van der Waals surface area (Å²) in [6, 6.07) is 10.1. The molecule has 25 heavy (non-hydrogen) atoms. The smallest absolute Gasteiger partial charge is 0.220 e. The van der Waals surface area contributed by atoms with Crippen LogP contribution in [0.15, 0.2) is 42.7 Å². The van der Waals surface area contributed by atoms with E-state index < -0.39 is 0 Å². The lowest BCUT2D eigenvalue weighted by molar-refractivity contribution is -0.121. The van der Waals surface area contributed by atoms with Gasteiger partial charge in [-0.3, -0.25) is 9.89 Å². The van der Waals surface area contributed by atoms with Gasteiger partial charge in [-0.15, -0.1) is 5.10 Å². The van der Waals surface area contributed by atoms with Crippen molar-refractivity contribution in [3.63, 3.8) is 0 Å². The van der Waals surface area contributed by atoms with Gasteiger partial charge in [0.05, 0.1) is 18.4 Å². The Balaban J connectivity index is 1.52. The lowest BCUT2D eigenvalue weighted by Gasteiger charge is -2.06. The summed E-state index contributed by atoms with van der Waals surface area (Å²) in [6.07, 6.45) is 4.56. The summed E-state index contributed by atoms with van der Waals surface area (Å²) in [5, 5.41) is 17.8. The van der Waals surface area contributed by atoms with Gasteiger partial charge in [-0.25, -0.2) is 4.68 Å². The molecule has 0 saturated heterocycles. The van der Waals surface area contributed by atoms with Crippen LogP contribution in [0, 0.1) is 0 Å². The van der Waals surface area contributed by atoms with Crippen LogP contribution >= 0.6 is 0 Å². The Bertz CT molecular complexity index is 804. The first-order valence-corrected chi connectivity index (χ1v) is 8.38. The molecule has 1 aromatic carbocycles. The molecule has 0 atom stereocenters. The van der Waals surface area contributed by atoms with Gasteiger partial charge in [0.25, 0.3) is 0 Å². The van der Waals surface area contributed by atoms with Crippen LogP contribution < -0.4 is 5.32 Å². The number of nitrogens with zero attached hydrogens (tertiary/aromatic N) is 4. The third-order valence-corrected chi connectivity index (χ3v) is 4.01. The van der Waals surface area contributed by atoms with Crippen LogP contribution in [0.25, 0.3) is 5.69 Å². The van der Waals surface area contributed by atoms with Crippen molar-refractivity contribution >= 4 is 5.91 Å². The van der Waals surface area contributed by atoms with E-state index in [0.29, 0.717) is 25.3 Å². The van der Waals surface area contributed by atoms with E-state index >= 15 is 0 Å². The number of aryl methyl sites for hydroxylation is 1. The molecular weight excluding hydrogens is 316 g/mol. The fourth-order valence-corrected chi connectivity index (χ4v) is 2.47. The molecule has 7 heteroatoms. The Kier molecular flexibility index (Phi) is 5.23. The number of benzene rings is 1. The first kappa shape index (κ1) is 16.9. The third-order valence-electron chi connectivity index (χ3n) is 4.01. The van der Waals surface area contributed by atoms with Gasteiger partial charge in [0, 0.05) is 18.3 Å². The summed E-state index contributed by atoms with van der Waals surface area (Å²) in [5.74, 6) is 0.475. The van der Waals surface area contributed by atoms with E-state index in [1.54, 1.807) is 10.9 Å². The molecule has 3 aromatic rings. The quantitative estimate of drug-likeness (QED) is 0.692. The minimum Gasteiger partial charge on any atom is -0.350 e. The van der Waals surface area contributed by atoms with Crippen molar-refractivity contribution in [2.45, 2.75) is 39.2 Å². The molecule has 0 bridgehead atoms. The average molecular weight is 338 g/mol. The maximum atomic E-state index is 11.9. The first-order chi connectivity index (χ1) is 12.1. The van der Waals surface area contributed by atoms with Crippen molar-refractivity contribution in [1.29, 1.82) is 0 Å². The minimum atomic E-state index is -0.0227. The third kappa shape index (κ3) is 4.53. The molecule has 2 heterocycles. The van der Waals surface area contributed by atoms with Crippen molar-refractivity contribution in [2.75, 3.05) is 0 Å². The van der Waals surface area contributed by atoms with Gasteiger partial charge >= 0.3 is 0 Å². The van der Waals surface area contributed by atoms with Crippen molar-refractivity contribution < 1.29 is 4.79 Å². The van der Waals surface area contributed by atoms with Gasteiger partial charge in [-0.1, -0.05) is 31.2 Å². The second-order valence-corrected chi connectivity index (χ2v) is 6.26. The van der Waals surface area contributed by atoms with E-state index in [0.717, 1.165) is 17.1 Å². The van der Waals surface area contributed by atoms with Crippen LogP contribution in [-0.2, 0) is 17.8 Å². The lowest BCUT2D eigenvalue weighted by Crippen LogP contribution is -2.23. The minimum absolute atomic E-state index is 0.0227. The molecule has 0 saturated carbocycles. The number of hydrogen-bond acceptors (Lipinski definition) is 4. The topological polar surface area (TPSA) is 88.5 Å². The summed E-state index contributed by atoms with van der Waals surface area (Å²) in [6.45, 7) is 4.70. The summed E-state index contributed by atoms with van der Waals surface area (Å²) in [5.41, 5.74) is 3.91. The highest BCUT2D eigenvalue weighted by Crippen LogP contribution is 2.16. The maximum absolute atomic E-state index is 11.9. The summed E-state index contributed by atoms with van der Waals surface area (Å²) in [7, 11) is 0. The molecule has 0 aliphatic rings. The molecule has 2 aromatic heterocycles. The second kappa shape index (κ2) is 7.74. The number of aromatic nitrogens is 5. The van der Waals surface area contributed by atoms with E-state index in [4.69, 9.17) is 0 Å². The zero-order chi connectivity index (χ0) is 17.6. The van der Waals surface area contributed by atoms with Crippen LogP contribution in [0.4, 0.5) is 0 Å². The molecule has 0 aliphatic carbocycles. The Morgan fingerprint density at radius 2 is 2.04 bits per heavy atom. The van der Waals surface area contributed by atoms with E-state index in [9.17, 15) is 4.79 Å². The molecule has 0 aliphatic heterocycles. The fourth-order valence-electron chi connectivity index (χ4n) is 2.47. The molecule has 130 valence electrons. The first-order valence-electron chi connectivity index (χ1n) is 8.38. The molecule has 0 fully saturated rings. The second-order valence-electron chi connectivity index (χ2n) is 6.26. The van der Waals surface area contributed by atoms with Crippen molar-refractivity contribution in [3.05, 3.63) is 59.7 Å². The molecule has 0 unspecified atom stereocenters. The number of carbonyl (C=O) groups excluding carboxylic acids is 1. The normalized spacial score (nSPS) is 11.0. The van der Waals surface area contributed by atoms with Gasteiger partial charge < -0.3 is 5.32 Å². The molecule has 0 radical (unpaired) electrons. The molecule has 3 rings (SSSR count). The number of nitrogens with one attached hydrogen (secondary N) is 2. The molecular formula is C18H22N6O. The zero-order valence-electron chi connectivity index (χ0n) is 14.4. The van der Waals surface area contributed by atoms with Crippen LogP contribution in [0.1, 0.15) is 43.1 Å². The van der Waals surface area contributed by atoms with Gasteiger partial charge in [0.15, 0.2) is 0 Å².